The predicted molar refractivity (Wildman–Crippen MR) is 149 cm³/mol. The first-order chi connectivity index (χ1) is 18.7. The molecule has 2 atom stereocenters. The highest BCUT2D eigenvalue weighted by atomic mass is 35.5. The van der Waals surface area contributed by atoms with E-state index in [2.05, 4.69) is 46.0 Å². The van der Waals surface area contributed by atoms with Crippen LogP contribution in [0.3, 0.4) is 0 Å². The van der Waals surface area contributed by atoms with Crippen LogP contribution in [0, 0.1) is 11.6 Å². The number of halogens is 3. The first-order valence-corrected chi connectivity index (χ1v) is 13.3. The molecule has 2 saturated heterocycles. The van der Waals surface area contributed by atoms with Crippen molar-refractivity contribution in [1.82, 2.24) is 14.9 Å². The van der Waals surface area contributed by atoms with E-state index in [1.807, 2.05) is 4.90 Å². The quantitative estimate of drug-likeness (QED) is 0.488. The number of hydrogen-bond donors (Lipinski definition) is 1. The molecule has 2 unspecified atom stereocenters. The number of rotatable bonds is 5. The van der Waals surface area contributed by atoms with Gasteiger partial charge in [0.05, 0.1) is 35.2 Å². The SMILES string of the molecule is CC1CN(c2cc(F)c(-c3cnc(N4CCOCC4)nc3)cc2NC(=O)c2ccc(F)cc2Cl)CC(C)N1C. The third-order valence-electron chi connectivity index (χ3n) is 7.45. The Morgan fingerprint density at radius 2 is 1.69 bits per heavy atom. The summed E-state index contributed by atoms with van der Waals surface area (Å²) in [5.41, 5.74) is 1.82. The molecule has 2 aliphatic heterocycles. The Hall–Kier alpha value is -3.34. The minimum absolute atomic E-state index is 0.00896. The zero-order valence-electron chi connectivity index (χ0n) is 22.1. The molecule has 39 heavy (non-hydrogen) atoms. The molecule has 2 aliphatic rings. The van der Waals surface area contributed by atoms with Gasteiger partial charge in [0.15, 0.2) is 0 Å². The van der Waals surface area contributed by atoms with Crippen LogP contribution in [0.1, 0.15) is 24.2 Å². The van der Waals surface area contributed by atoms with Crippen LogP contribution in [0.2, 0.25) is 5.02 Å². The maximum absolute atomic E-state index is 15.7. The Labute approximate surface area is 231 Å². The molecular weight excluding hydrogens is 526 g/mol. The summed E-state index contributed by atoms with van der Waals surface area (Å²) >= 11 is 6.16. The fraction of sp³-hybridized carbons (Fsp3) is 0.393. The molecular formula is C28H31ClF2N6O2. The van der Waals surface area contributed by atoms with Crippen molar-refractivity contribution in [3.05, 3.63) is 64.9 Å². The number of carbonyl (C=O) groups excluding carboxylic acids is 1. The third kappa shape index (κ3) is 5.83. The van der Waals surface area contributed by atoms with Gasteiger partial charge in [-0.05, 0) is 51.2 Å². The van der Waals surface area contributed by atoms with Crippen molar-refractivity contribution in [3.8, 4) is 11.1 Å². The zero-order valence-corrected chi connectivity index (χ0v) is 22.9. The first kappa shape index (κ1) is 27.2. The normalized spacial score (nSPS) is 20.3. The Morgan fingerprint density at radius 1 is 1.03 bits per heavy atom. The molecule has 11 heteroatoms. The van der Waals surface area contributed by atoms with E-state index in [0.717, 1.165) is 6.07 Å². The number of anilines is 3. The molecule has 0 spiro atoms. The van der Waals surface area contributed by atoms with Gasteiger partial charge in [-0.1, -0.05) is 11.6 Å². The molecule has 5 rings (SSSR count). The van der Waals surface area contributed by atoms with Crippen molar-refractivity contribution in [3.63, 3.8) is 0 Å². The van der Waals surface area contributed by atoms with E-state index in [9.17, 15) is 9.18 Å². The zero-order chi connectivity index (χ0) is 27.7. The number of nitrogens with zero attached hydrogens (tertiary/aromatic N) is 5. The second kappa shape index (κ2) is 11.4. The van der Waals surface area contributed by atoms with Crippen LogP contribution in [0.4, 0.5) is 26.1 Å². The van der Waals surface area contributed by atoms with Gasteiger partial charge in [0, 0.05) is 61.8 Å². The summed E-state index contributed by atoms with van der Waals surface area (Å²) in [5, 5.41) is 2.89. The largest absolute Gasteiger partial charge is 0.378 e. The molecule has 0 aliphatic carbocycles. The minimum atomic E-state index is -0.540. The lowest BCUT2D eigenvalue weighted by Gasteiger charge is -2.44. The van der Waals surface area contributed by atoms with Crippen LogP contribution in [-0.4, -0.2) is 79.3 Å². The number of morpholine rings is 1. The maximum atomic E-state index is 15.7. The monoisotopic (exact) mass is 556 g/mol. The van der Waals surface area contributed by atoms with Gasteiger partial charge >= 0.3 is 0 Å². The molecule has 1 amide bonds. The summed E-state index contributed by atoms with van der Waals surface area (Å²) in [6.07, 6.45) is 3.16. The van der Waals surface area contributed by atoms with Crippen molar-refractivity contribution in [2.24, 2.45) is 0 Å². The third-order valence-corrected chi connectivity index (χ3v) is 7.77. The van der Waals surface area contributed by atoms with Gasteiger partial charge in [-0.25, -0.2) is 18.7 Å². The Balaban J connectivity index is 1.51. The highest BCUT2D eigenvalue weighted by molar-refractivity contribution is 6.34. The second-order valence-corrected chi connectivity index (χ2v) is 10.5. The standard InChI is InChI=1S/C28H31ClF2N6O2/c1-17-15-37(16-18(2)35(17)3)26-12-24(31)22(19-13-32-28(33-14-19)36-6-8-39-9-7-36)11-25(26)34-27(38)21-5-4-20(30)10-23(21)29/h4-5,10-14,17-18H,6-9,15-16H2,1-3H3,(H,34,38). The molecule has 206 valence electrons. The molecule has 2 fully saturated rings. The van der Waals surface area contributed by atoms with Gasteiger partial charge in [-0.15, -0.1) is 0 Å². The topological polar surface area (TPSA) is 73.8 Å². The van der Waals surface area contributed by atoms with Crippen LogP contribution < -0.4 is 15.1 Å². The predicted octanol–water partition coefficient (Wildman–Crippen LogP) is 4.69. The van der Waals surface area contributed by atoms with E-state index < -0.39 is 17.5 Å². The lowest BCUT2D eigenvalue weighted by molar-refractivity contribution is 0.102. The molecule has 3 aromatic rings. The number of likely N-dealkylation sites (N-methyl/N-ethyl adjacent to an activating group) is 1. The fourth-order valence-corrected chi connectivity index (χ4v) is 5.25. The van der Waals surface area contributed by atoms with Gasteiger partial charge in [-0.2, -0.15) is 0 Å². The van der Waals surface area contributed by atoms with Gasteiger partial charge < -0.3 is 19.9 Å². The molecule has 0 bridgehead atoms. The average molecular weight is 557 g/mol. The Kier molecular flexibility index (Phi) is 7.97. The summed E-state index contributed by atoms with van der Waals surface area (Å²) in [6, 6.07) is 7.06. The number of piperazine rings is 1. The van der Waals surface area contributed by atoms with Gasteiger partial charge in [0.1, 0.15) is 11.6 Å². The van der Waals surface area contributed by atoms with Crippen molar-refractivity contribution in [1.29, 1.82) is 0 Å². The smallest absolute Gasteiger partial charge is 0.257 e. The van der Waals surface area contributed by atoms with E-state index in [1.54, 1.807) is 18.5 Å². The first-order valence-electron chi connectivity index (χ1n) is 12.9. The van der Waals surface area contributed by atoms with Crippen LogP contribution in [0.15, 0.2) is 42.7 Å². The van der Waals surface area contributed by atoms with Gasteiger partial charge in [0.25, 0.3) is 5.91 Å². The summed E-state index contributed by atoms with van der Waals surface area (Å²) < 4.78 is 34.6. The Morgan fingerprint density at radius 3 is 2.33 bits per heavy atom. The summed E-state index contributed by atoms with van der Waals surface area (Å²) in [5.74, 6) is -0.959. The summed E-state index contributed by atoms with van der Waals surface area (Å²) in [6.45, 7) is 8.10. The molecule has 0 radical (unpaired) electrons. The van der Waals surface area contributed by atoms with Crippen LogP contribution in [-0.2, 0) is 4.74 Å². The molecule has 3 heterocycles. The average Bonchev–Trinajstić information content (AvgIpc) is 2.92. The Bertz CT molecular complexity index is 1340. The van der Waals surface area contributed by atoms with Crippen LogP contribution >= 0.6 is 11.6 Å². The lowest BCUT2D eigenvalue weighted by atomic mass is 10.0. The molecule has 1 aromatic heterocycles. The number of nitrogens with one attached hydrogen (secondary N) is 1. The summed E-state index contributed by atoms with van der Waals surface area (Å²) in [7, 11) is 2.07. The molecule has 0 saturated carbocycles. The van der Waals surface area contributed by atoms with E-state index in [0.29, 0.717) is 62.3 Å². The highest BCUT2D eigenvalue weighted by Gasteiger charge is 2.29. The summed E-state index contributed by atoms with van der Waals surface area (Å²) in [4.78, 5) is 28.5. The van der Waals surface area contributed by atoms with E-state index >= 15 is 4.39 Å². The van der Waals surface area contributed by atoms with Crippen molar-refractivity contribution >= 4 is 34.8 Å². The van der Waals surface area contributed by atoms with Crippen LogP contribution in [0.25, 0.3) is 11.1 Å². The number of benzene rings is 2. The number of aromatic nitrogens is 2. The van der Waals surface area contributed by atoms with Crippen molar-refractivity contribution in [2.75, 3.05) is 61.6 Å². The maximum Gasteiger partial charge on any atom is 0.257 e. The second-order valence-electron chi connectivity index (χ2n) is 10.1. The number of amides is 1. The van der Waals surface area contributed by atoms with Crippen LogP contribution in [0.5, 0.6) is 0 Å². The van der Waals surface area contributed by atoms with Crippen molar-refractivity contribution < 1.29 is 18.3 Å². The van der Waals surface area contributed by atoms with E-state index in [-0.39, 0.29) is 28.2 Å². The van der Waals surface area contributed by atoms with E-state index in [4.69, 9.17) is 16.3 Å². The lowest BCUT2D eigenvalue weighted by Crippen LogP contribution is -2.55. The van der Waals surface area contributed by atoms with Gasteiger partial charge in [0.2, 0.25) is 5.95 Å². The van der Waals surface area contributed by atoms with Gasteiger partial charge in [-0.3, -0.25) is 9.69 Å². The molecule has 8 nitrogen and oxygen atoms in total. The van der Waals surface area contributed by atoms with Crippen molar-refractivity contribution in [2.45, 2.75) is 25.9 Å². The molecule has 1 N–H and O–H groups in total. The minimum Gasteiger partial charge on any atom is -0.378 e. The fourth-order valence-electron chi connectivity index (χ4n) is 5.00. The number of hydrogen-bond acceptors (Lipinski definition) is 7. The number of ether oxygens (including phenoxy) is 1. The molecule has 2 aromatic carbocycles. The number of carbonyl (C=O) groups is 1. The van der Waals surface area contributed by atoms with E-state index in [1.165, 1.54) is 18.2 Å². The highest BCUT2D eigenvalue weighted by Crippen LogP contribution is 2.36.